The number of piperazine rings is 1. The number of anilines is 3. The number of carbonyl (C=O) groups excluding carboxylic acids is 1. The van der Waals surface area contributed by atoms with Crippen LogP contribution in [0.3, 0.4) is 0 Å². The number of urea groups is 1. The first-order chi connectivity index (χ1) is 13.7. The molecule has 2 aliphatic rings. The normalized spacial score (nSPS) is 18.5. The summed E-state index contributed by atoms with van der Waals surface area (Å²) in [6.07, 6.45) is 1.69. The molecule has 0 unspecified atom stereocenters. The van der Waals surface area contributed by atoms with Crippen LogP contribution in [0.25, 0.3) is 11.0 Å². The second-order valence-electron chi connectivity index (χ2n) is 7.35. The Kier molecular flexibility index (Phi) is 4.16. The number of aromatic nitrogens is 1. The average Bonchev–Trinajstić information content (AvgIpc) is 3.35. The molecule has 2 aromatic heterocycles. The molecule has 2 aliphatic heterocycles. The highest BCUT2D eigenvalue weighted by atomic mass is 16.3. The largest absolute Gasteiger partial charge is 0.460 e. The van der Waals surface area contributed by atoms with Crippen LogP contribution >= 0.6 is 0 Å². The molecule has 7 heteroatoms. The summed E-state index contributed by atoms with van der Waals surface area (Å²) in [6, 6.07) is 13.6. The van der Waals surface area contributed by atoms with E-state index in [1.165, 1.54) is 0 Å². The van der Waals surface area contributed by atoms with Crippen LogP contribution in [-0.2, 0) is 0 Å². The van der Waals surface area contributed by atoms with E-state index in [1.54, 1.807) is 16.1 Å². The zero-order valence-corrected chi connectivity index (χ0v) is 15.9. The number of furan rings is 1. The molecule has 2 saturated heterocycles. The van der Waals surface area contributed by atoms with Crippen LogP contribution in [0.1, 0.15) is 0 Å². The highest BCUT2D eigenvalue weighted by Crippen LogP contribution is 2.32. The summed E-state index contributed by atoms with van der Waals surface area (Å²) in [5.41, 5.74) is 1.71. The van der Waals surface area contributed by atoms with Crippen molar-refractivity contribution in [2.24, 2.45) is 0 Å². The summed E-state index contributed by atoms with van der Waals surface area (Å²) < 4.78 is 5.73. The Morgan fingerprint density at radius 3 is 2.46 bits per heavy atom. The Morgan fingerprint density at radius 1 is 0.929 bits per heavy atom. The summed E-state index contributed by atoms with van der Waals surface area (Å²) in [5, 5.41) is 0.977. The molecule has 0 atom stereocenters. The van der Waals surface area contributed by atoms with Gasteiger partial charge in [-0.1, -0.05) is 18.2 Å². The van der Waals surface area contributed by atoms with E-state index in [-0.39, 0.29) is 6.03 Å². The molecule has 28 heavy (non-hydrogen) atoms. The van der Waals surface area contributed by atoms with Gasteiger partial charge in [0, 0.05) is 50.3 Å². The summed E-state index contributed by atoms with van der Waals surface area (Å²) in [6.45, 7) is 5.03. The molecule has 0 radical (unpaired) electrons. The molecule has 2 fully saturated rings. The van der Waals surface area contributed by atoms with Crippen molar-refractivity contribution in [2.75, 3.05) is 61.0 Å². The van der Waals surface area contributed by atoms with Gasteiger partial charge in [0.1, 0.15) is 5.82 Å². The molecular weight excluding hydrogens is 354 g/mol. The summed E-state index contributed by atoms with van der Waals surface area (Å²) >= 11 is 0. The number of hydrogen-bond acceptors (Lipinski definition) is 5. The topological polar surface area (TPSA) is 56.1 Å². The van der Waals surface area contributed by atoms with Crippen molar-refractivity contribution in [3.8, 4) is 0 Å². The fourth-order valence-corrected chi connectivity index (χ4v) is 3.91. The predicted molar refractivity (Wildman–Crippen MR) is 110 cm³/mol. The standard InChI is InChI=1S/C21H23N5O2/c1-23-8-10-24(11-9-23)20-19-16(7-14-28-19)15-18(22-20)26-13-12-25(21(26)27)17-5-3-2-4-6-17/h2-7,14-15H,8-13H2,1H3. The van der Waals surface area contributed by atoms with Gasteiger partial charge in [0.25, 0.3) is 0 Å². The van der Waals surface area contributed by atoms with Gasteiger partial charge in [-0.3, -0.25) is 9.80 Å². The molecule has 0 N–H and O–H groups in total. The molecule has 0 aliphatic carbocycles. The predicted octanol–water partition coefficient (Wildman–Crippen LogP) is 3.03. The number of benzene rings is 1. The third-order valence-corrected chi connectivity index (χ3v) is 5.56. The maximum atomic E-state index is 13.1. The van der Waals surface area contributed by atoms with Crippen molar-refractivity contribution < 1.29 is 9.21 Å². The van der Waals surface area contributed by atoms with Crippen molar-refractivity contribution in [2.45, 2.75) is 0 Å². The summed E-state index contributed by atoms with van der Waals surface area (Å²) in [7, 11) is 2.13. The number of para-hydroxylation sites is 1. The summed E-state index contributed by atoms with van der Waals surface area (Å²) in [4.78, 5) is 26.1. The van der Waals surface area contributed by atoms with E-state index in [4.69, 9.17) is 9.40 Å². The number of hydrogen-bond donors (Lipinski definition) is 0. The Labute approximate surface area is 163 Å². The number of fused-ring (bicyclic) bond motifs is 1. The van der Waals surface area contributed by atoms with Crippen molar-refractivity contribution in [1.82, 2.24) is 9.88 Å². The lowest BCUT2D eigenvalue weighted by atomic mass is 10.2. The minimum absolute atomic E-state index is 0.0362. The van der Waals surface area contributed by atoms with Crippen molar-refractivity contribution in [3.63, 3.8) is 0 Å². The van der Waals surface area contributed by atoms with E-state index in [1.807, 2.05) is 42.5 Å². The summed E-state index contributed by atoms with van der Waals surface area (Å²) in [5.74, 6) is 1.52. The van der Waals surface area contributed by atoms with Gasteiger partial charge >= 0.3 is 6.03 Å². The Bertz CT molecular complexity index is 994. The number of pyridine rings is 1. The van der Waals surface area contributed by atoms with E-state index in [0.717, 1.165) is 48.7 Å². The molecule has 144 valence electrons. The van der Waals surface area contributed by atoms with Crippen LogP contribution in [0.15, 0.2) is 53.1 Å². The molecule has 5 rings (SSSR count). The number of carbonyl (C=O) groups is 1. The minimum Gasteiger partial charge on any atom is -0.460 e. The molecule has 0 spiro atoms. The fraction of sp³-hybridized carbons (Fsp3) is 0.333. The molecule has 7 nitrogen and oxygen atoms in total. The number of nitrogens with zero attached hydrogens (tertiary/aromatic N) is 5. The highest BCUT2D eigenvalue weighted by Gasteiger charge is 2.32. The zero-order valence-electron chi connectivity index (χ0n) is 15.9. The molecule has 4 heterocycles. The van der Waals surface area contributed by atoms with Gasteiger partial charge in [-0.2, -0.15) is 0 Å². The van der Waals surface area contributed by atoms with Gasteiger partial charge in [-0.05, 0) is 31.3 Å². The second kappa shape index (κ2) is 6.83. The van der Waals surface area contributed by atoms with E-state index in [2.05, 4.69) is 16.8 Å². The maximum absolute atomic E-state index is 13.1. The Morgan fingerprint density at radius 2 is 1.68 bits per heavy atom. The van der Waals surface area contributed by atoms with Gasteiger partial charge in [0.2, 0.25) is 0 Å². The quantitative estimate of drug-likeness (QED) is 0.702. The van der Waals surface area contributed by atoms with Crippen LogP contribution in [0.4, 0.5) is 22.1 Å². The first-order valence-corrected chi connectivity index (χ1v) is 9.66. The fourth-order valence-electron chi connectivity index (χ4n) is 3.91. The zero-order chi connectivity index (χ0) is 19.1. The monoisotopic (exact) mass is 377 g/mol. The smallest absolute Gasteiger partial charge is 0.330 e. The van der Waals surface area contributed by atoms with Gasteiger partial charge in [0.15, 0.2) is 11.4 Å². The van der Waals surface area contributed by atoms with Crippen LogP contribution < -0.4 is 14.7 Å². The van der Waals surface area contributed by atoms with Gasteiger partial charge < -0.3 is 14.2 Å². The lowest BCUT2D eigenvalue weighted by molar-refractivity contribution is 0.255. The lowest BCUT2D eigenvalue weighted by Crippen LogP contribution is -2.45. The van der Waals surface area contributed by atoms with Gasteiger partial charge in [0.05, 0.1) is 6.26 Å². The van der Waals surface area contributed by atoms with Crippen molar-refractivity contribution >= 4 is 34.3 Å². The van der Waals surface area contributed by atoms with Gasteiger partial charge in [-0.15, -0.1) is 0 Å². The molecule has 2 amide bonds. The van der Waals surface area contributed by atoms with Crippen LogP contribution in [-0.4, -0.2) is 62.2 Å². The average molecular weight is 377 g/mol. The van der Waals surface area contributed by atoms with Crippen LogP contribution in [0.2, 0.25) is 0 Å². The van der Waals surface area contributed by atoms with E-state index >= 15 is 0 Å². The maximum Gasteiger partial charge on any atom is 0.330 e. The molecule has 1 aromatic carbocycles. The molecule has 3 aromatic rings. The molecular formula is C21H23N5O2. The van der Waals surface area contributed by atoms with E-state index in [9.17, 15) is 4.79 Å². The van der Waals surface area contributed by atoms with Gasteiger partial charge in [-0.25, -0.2) is 9.78 Å². The first-order valence-electron chi connectivity index (χ1n) is 9.66. The number of rotatable bonds is 3. The second-order valence-corrected chi connectivity index (χ2v) is 7.35. The highest BCUT2D eigenvalue weighted by molar-refractivity contribution is 6.06. The van der Waals surface area contributed by atoms with Crippen molar-refractivity contribution in [3.05, 3.63) is 48.7 Å². The number of amides is 2. The SMILES string of the molecule is CN1CCN(c2nc(N3CCN(c4ccccc4)C3=O)cc3ccoc23)CC1. The van der Waals surface area contributed by atoms with Crippen molar-refractivity contribution in [1.29, 1.82) is 0 Å². The minimum atomic E-state index is -0.0362. The Balaban J connectivity index is 1.49. The van der Waals surface area contributed by atoms with E-state index < -0.39 is 0 Å². The number of likely N-dealkylation sites (N-methyl/N-ethyl adjacent to an activating group) is 1. The third kappa shape index (κ3) is 2.88. The first kappa shape index (κ1) is 17.1. The lowest BCUT2D eigenvalue weighted by Gasteiger charge is -2.33. The molecule has 0 saturated carbocycles. The Hall–Kier alpha value is -3.06. The van der Waals surface area contributed by atoms with E-state index in [0.29, 0.717) is 18.9 Å². The van der Waals surface area contributed by atoms with Crippen LogP contribution in [0, 0.1) is 0 Å². The molecule has 0 bridgehead atoms. The van der Waals surface area contributed by atoms with Crippen LogP contribution in [0.5, 0.6) is 0 Å². The third-order valence-electron chi connectivity index (χ3n) is 5.56.